The summed E-state index contributed by atoms with van der Waals surface area (Å²) in [4.78, 5) is 0. The summed E-state index contributed by atoms with van der Waals surface area (Å²) >= 11 is 3.49. The summed E-state index contributed by atoms with van der Waals surface area (Å²) in [7, 11) is 2.01. The molecule has 0 fully saturated rings. The van der Waals surface area contributed by atoms with Crippen molar-refractivity contribution in [3.63, 3.8) is 0 Å². The molecule has 112 valence electrons. The van der Waals surface area contributed by atoms with E-state index in [4.69, 9.17) is 4.74 Å². The maximum atomic E-state index is 5.76. The molecule has 0 amide bonds. The number of benzene rings is 2. The summed E-state index contributed by atoms with van der Waals surface area (Å²) in [5.74, 6) is 1.48. The summed E-state index contributed by atoms with van der Waals surface area (Å²) < 4.78 is 6.89. The highest BCUT2D eigenvalue weighted by Crippen LogP contribution is 2.23. The van der Waals surface area contributed by atoms with Crippen LogP contribution in [-0.2, 0) is 0 Å². The first-order valence-corrected chi connectivity index (χ1v) is 8.17. The summed E-state index contributed by atoms with van der Waals surface area (Å²) in [6.07, 6.45) is 2.17. The molecule has 0 saturated heterocycles. The van der Waals surface area contributed by atoms with Crippen LogP contribution in [0.3, 0.4) is 0 Å². The van der Waals surface area contributed by atoms with E-state index in [1.165, 1.54) is 5.56 Å². The van der Waals surface area contributed by atoms with Crippen LogP contribution in [0.15, 0.2) is 59.1 Å². The molecule has 0 aromatic heterocycles. The molecule has 0 heterocycles. The molecule has 0 saturated carbocycles. The van der Waals surface area contributed by atoms with Crippen LogP contribution >= 0.6 is 15.9 Å². The van der Waals surface area contributed by atoms with Crippen LogP contribution in [0, 0.1) is 0 Å². The standard InChI is InChI=1S/C18H22BrNO/c1-20-14-16(15-9-11-17(19)12-10-15)6-5-13-21-18-7-3-2-4-8-18/h2-4,7-12,16,20H,5-6,13-14H2,1H3. The van der Waals surface area contributed by atoms with Gasteiger partial charge in [-0.05, 0) is 55.6 Å². The van der Waals surface area contributed by atoms with Crippen molar-refractivity contribution < 1.29 is 4.74 Å². The van der Waals surface area contributed by atoms with E-state index in [9.17, 15) is 0 Å². The van der Waals surface area contributed by atoms with Gasteiger partial charge in [-0.25, -0.2) is 0 Å². The van der Waals surface area contributed by atoms with Crippen molar-refractivity contribution in [1.82, 2.24) is 5.32 Å². The minimum absolute atomic E-state index is 0.530. The number of hydrogen-bond donors (Lipinski definition) is 1. The Morgan fingerprint density at radius 3 is 2.43 bits per heavy atom. The van der Waals surface area contributed by atoms with E-state index < -0.39 is 0 Å². The van der Waals surface area contributed by atoms with E-state index in [2.05, 4.69) is 45.5 Å². The molecule has 2 nitrogen and oxygen atoms in total. The van der Waals surface area contributed by atoms with Gasteiger partial charge in [-0.3, -0.25) is 0 Å². The van der Waals surface area contributed by atoms with Gasteiger partial charge in [-0.15, -0.1) is 0 Å². The molecule has 0 radical (unpaired) electrons. The van der Waals surface area contributed by atoms with Crippen molar-refractivity contribution in [2.24, 2.45) is 0 Å². The number of likely N-dealkylation sites (N-methyl/N-ethyl adjacent to an activating group) is 1. The molecule has 1 atom stereocenters. The number of halogens is 1. The van der Waals surface area contributed by atoms with E-state index in [1.807, 2.05) is 37.4 Å². The van der Waals surface area contributed by atoms with Gasteiger partial charge in [0.15, 0.2) is 0 Å². The number of hydrogen-bond acceptors (Lipinski definition) is 2. The second-order valence-electron chi connectivity index (χ2n) is 5.11. The Morgan fingerprint density at radius 1 is 1.05 bits per heavy atom. The fraction of sp³-hybridized carbons (Fsp3) is 0.333. The van der Waals surface area contributed by atoms with Crippen LogP contribution < -0.4 is 10.1 Å². The second-order valence-corrected chi connectivity index (χ2v) is 6.03. The van der Waals surface area contributed by atoms with Crippen LogP contribution in [0.5, 0.6) is 5.75 Å². The lowest BCUT2D eigenvalue weighted by Gasteiger charge is -2.17. The molecular weight excluding hydrogens is 326 g/mol. The maximum absolute atomic E-state index is 5.76. The molecule has 3 heteroatoms. The van der Waals surface area contributed by atoms with Crippen molar-refractivity contribution in [2.75, 3.05) is 20.2 Å². The molecule has 0 aliphatic carbocycles. The molecular formula is C18H22BrNO. The predicted octanol–water partition coefficient (Wildman–Crippen LogP) is 4.61. The monoisotopic (exact) mass is 347 g/mol. The van der Waals surface area contributed by atoms with Gasteiger partial charge in [-0.2, -0.15) is 0 Å². The molecule has 0 aliphatic rings. The van der Waals surface area contributed by atoms with Gasteiger partial charge in [-0.1, -0.05) is 46.3 Å². The first kappa shape index (κ1) is 16.1. The third-order valence-electron chi connectivity index (χ3n) is 3.50. The maximum Gasteiger partial charge on any atom is 0.119 e. The SMILES string of the molecule is CNCC(CCCOc1ccccc1)c1ccc(Br)cc1. The van der Waals surface area contributed by atoms with Crippen LogP contribution in [0.2, 0.25) is 0 Å². The third kappa shape index (κ3) is 5.52. The van der Waals surface area contributed by atoms with Crippen molar-refractivity contribution in [2.45, 2.75) is 18.8 Å². The Labute approximate surface area is 135 Å². The molecule has 21 heavy (non-hydrogen) atoms. The molecule has 1 N–H and O–H groups in total. The summed E-state index contributed by atoms with van der Waals surface area (Å²) in [6.45, 7) is 1.76. The molecule has 1 unspecified atom stereocenters. The zero-order chi connectivity index (χ0) is 14.9. The van der Waals surface area contributed by atoms with Crippen molar-refractivity contribution in [3.8, 4) is 5.75 Å². The molecule has 0 bridgehead atoms. The quantitative estimate of drug-likeness (QED) is 0.704. The minimum atomic E-state index is 0.530. The highest BCUT2D eigenvalue weighted by Gasteiger charge is 2.10. The normalized spacial score (nSPS) is 12.1. The van der Waals surface area contributed by atoms with Gasteiger partial charge in [0, 0.05) is 11.0 Å². The van der Waals surface area contributed by atoms with Crippen LogP contribution in [0.1, 0.15) is 24.3 Å². The number of nitrogens with one attached hydrogen (secondary N) is 1. The zero-order valence-corrected chi connectivity index (χ0v) is 14.0. The van der Waals surface area contributed by atoms with Gasteiger partial charge in [0.2, 0.25) is 0 Å². The van der Waals surface area contributed by atoms with Gasteiger partial charge in [0.05, 0.1) is 6.61 Å². The van der Waals surface area contributed by atoms with Gasteiger partial charge >= 0.3 is 0 Å². The minimum Gasteiger partial charge on any atom is -0.494 e. The van der Waals surface area contributed by atoms with Crippen molar-refractivity contribution in [3.05, 3.63) is 64.6 Å². The van der Waals surface area contributed by atoms with E-state index in [0.717, 1.165) is 36.2 Å². The molecule has 2 rings (SSSR count). The lowest BCUT2D eigenvalue weighted by atomic mass is 9.94. The number of rotatable bonds is 8. The highest BCUT2D eigenvalue weighted by molar-refractivity contribution is 9.10. The Bertz CT molecular complexity index is 513. The first-order valence-electron chi connectivity index (χ1n) is 7.37. The van der Waals surface area contributed by atoms with Crippen LogP contribution in [0.25, 0.3) is 0 Å². The summed E-state index contributed by atoms with van der Waals surface area (Å²) in [6, 6.07) is 18.6. The average Bonchev–Trinajstić information content (AvgIpc) is 2.52. The zero-order valence-electron chi connectivity index (χ0n) is 12.4. The van der Waals surface area contributed by atoms with E-state index >= 15 is 0 Å². The summed E-state index contributed by atoms with van der Waals surface area (Å²) in [5, 5.41) is 3.29. The lowest BCUT2D eigenvalue weighted by Crippen LogP contribution is -2.18. The fourth-order valence-electron chi connectivity index (χ4n) is 2.40. The highest BCUT2D eigenvalue weighted by atomic mass is 79.9. The molecule has 2 aromatic rings. The van der Waals surface area contributed by atoms with Crippen molar-refractivity contribution in [1.29, 1.82) is 0 Å². The average molecular weight is 348 g/mol. The van der Waals surface area contributed by atoms with E-state index in [-0.39, 0.29) is 0 Å². The largest absolute Gasteiger partial charge is 0.494 e. The van der Waals surface area contributed by atoms with Gasteiger partial charge < -0.3 is 10.1 Å². The van der Waals surface area contributed by atoms with Gasteiger partial charge in [0.1, 0.15) is 5.75 Å². The Balaban J connectivity index is 1.81. The molecule has 0 spiro atoms. The van der Waals surface area contributed by atoms with Gasteiger partial charge in [0.25, 0.3) is 0 Å². The third-order valence-corrected chi connectivity index (χ3v) is 4.03. The topological polar surface area (TPSA) is 21.3 Å². The van der Waals surface area contributed by atoms with Crippen LogP contribution in [-0.4, -0.2) is 20.2 Å². The van der Waals surface area contributed by atoms with Crippen molar-refractivity contribution >= 4 is 15.9 Å². The fourth-order valence-corrected chi connectivity index (χ4v) is 2.67. The predicted molar refractivity (Wildman–Crippen MR) is 92.0 cm³/mol. The molecule has 2 aromatic carbocycles. The smallest absolute Gasteiger partial charge is 0.119 e. The Hall–Kier alpha value is -1.32. The summed E-state index contributed by atoms with van der Waals surface area (Å²) in [5.41, 5.74) is 1.38. The number of para-hydroxylation sites is 1. The van der Waals surface area contributed by atoms with Crippen LogP contribution in [0.4, 0.5) is 0 Å². The van der Waals surface area contributed by atoms with E-state index in [1.54, 1.807) is 0 Å². The lowest BCUT2D eigenvalue weighted by molar-refractivity contribution is 0.301. The number of ether oxygens (including phenoxy) is 1. The Kier molecular flexibility index (Phi) is 6.77. The molecule has 0 aliphatic heterocycles. The van der Waals surface area contributed by atoms with E-state index in [0.29, 0.717) is 5.92 Å². The first-order chi connectivity index (χ1) is 10.3. The Morgan fingerprint density at radius 2 is 1.76 bits per heavy atom. The second kappa shape index (κ2) is 8.85.